The summed E-state index contributed by atoms with van der Waals surface area (Å²) in [5, 5.41) is 0. The van der Waals surface area contributed by atoms with Crippen LogP contribution in [0.5, 0.6) is 0 Å². The van der Waals surface area contributed by atoms with Crippen molar-refractivity contribution in [2.75, 3.05) is 0 Å². The highest BCUT2D eigenvalue weighted by molar-refractivity contribution is 5.86. The fourth-order valence-corrected chi connectivity index (χ4v) is 7.22. The van der Waals surface area contributed by atoms with Crippen LogP contribution in [0, 0.1) is 0 Å². The molecule has 6 aromatic carbocycles. The maximum atomic E-state index is 2.42. The summed E-state index contributed by atoms with van der Waals surface area (Å²) in [4.78, 5) is 0. The second-order valence-electron chi connectivity index (χ2n) is 11.3. The fourth-order valence-electron chi connectivity index (χ4n) is 7.22. The highest BCUT2D eigenvalue weighted by atomic mass is 14.3. The van der Waals surface area contributed by atoms with Gasteiger partial charge < -0.3 is 0 Å². The van der Waals surface area contributed by atoms with Gasteiger partial charge in [-0.15, -0.1) is 0 Å². The molecule has 0 spiro atoms. The molecule has 39 heavy (non-hydrogen) atoms. The van der Waals surface area contributed by atoms with Gasteiger partial charge >= 0.3 is 0 Å². The van der Waals surface area contributed by atoms with E-state index >= 15 is 0 Å². The van der Waals surface area contributed by atoms with Crippen molar-refractivity contribution in [3.05, 3.63) is 155 Å². The molecule has 0 fully saturated rings. The van der Waals surface area contributed by atoms with E-state index in [-0.39, 0.29) is 0 Å². The third kappa shape index (κ3) is 3.18. The van der Waals surface area contributed by atoms with E-state index in [4.69, 9.17) is 0 Å². The predicted octanol–water partition coefficient (Wildman–Crippen LogP) is 9.73. The second-order valence-corrected chi connectivity index (χ2v) is 11.3. The van der Waals surface area contributed by atoms with Crippen molar-refractivity contribution < 1.29 is 0 Å². The van der Waals surface area contributed by atoms with Crippen LogP contribution < -0.4 is 0 Å². The number of fused-ring (bicyclic) bond motifs is 9. The Balaban J connectivity index is 1.03. The van der Waals surface area contributed by atoms with Crippen LogP contribution >= 0.6 is 0 Å². The van der Waals surface area contributed by atoms with Gasteiger partial charge in [0, 0.05) is 0 Å². The SMILES string of the molecule is c1ccc2c(c1)Cc1cc(-c3ccc4c(c3)Cc3cc(-c5ccc6c(c5)Cc5ccccc5-6)ccc3-4)ccc1-2. The van der Waals surface area contributed by atoms with Crippen LogP contribution in [0.4, 0.5) is 0 Å². The Kier molecular flexibility index (Phi) is 4.32. The minimum Gasteiger partial charge on any atom is -0.0619 e. The molecule has 182 valence electrons. The van der Waals surface area contributed by atoms with Crippen LogP contribution in [0.15, 0.2) is 121 Å². The molecule has 0 heteroatoms. The van der Waals surface area contributed by atoms with Gasteiger partial charge in [0.05, 0.1) is 0 Å². The first-order chi connectivity index (χ1) is 19.3. The molecule has 0 saturated carbocycles. The van der Waals surface area contributed by atoms with Gasteiger partial charge in [-0.3, -0.25) is 0 Å². The monoisotopic (exact) mass is 494 g/mol. The quantitative estimate of drug-likeness (QED) is 0.224. The molecule has 3 aliphatic rings. The minimum atomic E-state index is 0.999. The summed E-state index contributed by atoms with van der Waals surface area (Å²) in [6, 6.07) is 45.8. The average Bonchev–Trinajstić information content (AvgIpc) is 3.66. The Morgan fingerprint density at radius 1 is 0.256 bits per heavy atom. The van der Waals surface area contributed by atoms with E-state index in [0.717, 1.165) is 19.3 Å². The molecule has 0 bridgehead atoms. The molecule has 9 rings (SSSR count). The van der Waals surface area contributed by atoms with E-state index in [9.17, 15) is 0 Å². The molecular formula is C39H26. The van der Waals surface area contributed by atoms with E-state index in [1.54, 1.807) is 0 Å². The fraction of sp³-hybridized carbons (Fsp3) is 0.0769. The summed E-state index contributed by atoms with van der Waals surface area (Å²) < 4.78 is 0. The lowest BCUT2D eigenvalue weighted by Crippen LogP contribution is -1.87. The van der Waals surface area contributed by atoms with Gasteiger partial charge in [-0.05, 0) is 108 Å². The van der Waals surface area contributed by atoms with Crippen LogP contribution in [0.25, 0.3) is 55.6 Å². The smallest absolute Gasteiger partial charge is 0.00130 e. The van der Waals surface area contributed by atoms with Crippen LogP contribution in [-0.2, 0) is 19.3 Å². The number of rotatable bonds is 2. The van der Waals surface area contributed by atoms with Crippen molar-refractivity contribution in [3.63, 3.8) is 0 Å². The molecule has 0 nitrogen and oxygen atoms in total. The first-order valence-corrected chi connectivity index (χ1v) is 14.0. The maximum absolute atomic E-state index is 2.42. The third-order valence-corrected chi connectivity index (χ3v) is 9.14. The summed E-state index contributed by atoms with van der Waals surface area (Å²) in [6.45, 7) is 0. The Labute approximate surface area is 229 Å². The topological polar surface area (TPSA) is 0 Å². The maximum Gasteiger partial charge on any atom is -0.00130 e. The Hall–Kier alpha value is -4.68. The van der Waals surface area contributed by atoms with Gasteiger partial charge in [-0.2, -0.15) is 0 Å². The molecule has 0 atom stereocenters. The van der Waals surface area contributed by atoms with E-state index in [0.29, 0.717) is 0 Å². The van der Waals surface area contributed by atoms with Crippen molar-refractivity contribution >= 4 is 0 Å². The standard InChI is InChI=1S/C39H26/c1-3-7-34-28(5-1)21-30-17-24(9-13-36(30)34)26-11-15-38-32(19-26)23-33-20-27(12-16-39(33)38)25-10-14-37-31(18-25)22-29-6-2-4-8-35(29)37/h1-20H,21-23H2. The van der Waals surface area contributed by atoms with Gasteiger partial charge in [-0.1, -0.05) is 121 Å². The van der Waals surface area contributed by atoms with Gasteiger partial charge in [-0.25, -0.2) is 0 Å². The summed E-state index contributed by atoms with van der Waals surface area (Å²) in [7, 11) is 0. The zero-order valence-corrected chi connectivity index (χ0v) is 21.7. The summed E-state index contributed by atoms with van der Waals surface area (Å²) in [6.07, 6.45) is 3.07. The van der Waals surface area contributed by atoms with Gasteiger partial charge in [0.1, 0.15) is 0 Å². The second kappa shape index (κ2) is 7.91. The molecule has 3 aliphatic carbocycles. The zero-order chi connectivity index (χ0) is 25.5. The van der Waals surface area contributed by atoms with Crippen LogP contribution in [0.3, 0.4) is 0 Å². The molecular weight excluding hydrogens is 468 g/mol. The lowest BCUT2D eigenvalue weighted by atomic mass is 9.95. The molecule has 0 heterocycles. The van der Waals surface area contributed by atoms with Gasteiger partial charge in [0.15, 0.2) is 0 Å². The molecule has 0 aromatic heterocycles. The molecule has 0 amide bonds. The van der Waals surface area contributed by atoms with E-state index in [2.05, 4.69) is 121 Å². The predicted molar refractivity (Wildman–Crippen MR) is 162 cm³/mol. The van der Waals surface area contributed by atoms with Crippen LogP contribution in [-0.4, -0.2) is 0 Å². The van der Waals surface area contributed by atoms with Crippen LogP contribution in [0.2, 0.25) is 0 Å². The molecule has 0 N–H and O–H groups in total. The van der Waals surface area contributed by atoms with Crippen molar-refractivity contribution in [2.24, 2.45) is 0 Å². The van der Waals surface area contributed by atoms with Crippen molar-refractivity contribution in [2.45, 2.75) is 19.3 Å². The van der Waals surface area contributed by atoms with Crippen LogP contribution in [0.1, 0.15) is 33.4 Å². The molecule has 6 aromatic rings. The molecule has 0 radical (unpaired) electrons. The van der Waals surface area contributed by atoms with Gasteiger partial charge in [0.25, 0.3) is 0 Å². The van der Waals surface area contributed by atoms with Gasteiger partial charge in [0.2, 0.25) is 0 Å². The average molecular weight is 495 g/mol. The number of hydrogen-bond donors (Lipinski definition) is 0. The summed E-state index contributed by atoms with van der Waals surface area (Å²) in [5.74, 6) is 0. The Morgan fingerprint density at radius 2 is 0.538 bits per heavy atom. The van der Waals surface area contributed by atoms with E-state index < -0.39 is 0 Å². The zero-order valence-electron chi connectivity index (χ0n) is 21.7. The molecule has 0 saturated heterocycles. The van der Waals surface area contributed by atoms with Crippen molar-refractivity contribution in [1.29, 1.82) is 0 Å². The summed E-state index contributed by atoms with van der Waals surface area (Å²) >= 11 is 0. The van der Waals surface area contributed by atoms with Crippen molar-refractivity contribution in [1.82, 2.24) is 0 Å². The third-order valence-electron chi connectivity index (χ3n) is 9.14. The Bertz CT molecular complexity index is 1840. The van der Waals surface area contributed by atoms with Crippen molar-refractivity contribution in [3.8, 4) is 55.6 Å². The summed E-state index contributed by atoms with van der Waals surface area (Å²) in [5.41, 5.74) is 22.3. The molecule has 0 aliphatic heterocycles. The van der Waals surface area contributed by atoms with E-state index in [1.807, 2.05) is 0 Å². The Morgan fingerprint density at radius 3 is 0.897 bits per heavy atom. The highest BCUT2D eigenvalue weighted by Crippen LogP contribution is 2.43. The lowest BCUT2D eigenvalue weighted by molar-refractivity contribution is 1.25. The highest BCUT2D eigenvalue weighted by Gasteiger charge is 2.22. The van der Waals surface area contributed by atoms with E-state index in [1.165, 1.54) is 89.0 Å². The first-order valence-electron chi connectivity index (χ1n) is 14.0. The lowest BCUT2D eigenvalue weighted by Gasteiger charge is -2.09. The minimum absolute atomic E-state index is 0.999. The molecule has 0 unspecified atom stereocenters. The number of benzene rings is 6. The normalized spacial score (nSPS) is 13.3. The number of hydrogen-bond acceptors (Lipinski definition) is 0. The first kappa shape index (κ1) is 21.3. The largest absolute Gasteiger partial charge is 0.0619 e.